The van der Waals surface area contributed by atoms with Crippen LogP contribution in [0.2, 0.25) is 0 Å². The highest BCUT2D eigenvalue weighted by Gasteiger charge is 2.18. The van der Waals surface area contributed by atoms with E-state index in [1.54, 1.807) is 0 Å². The van der Waals surface area contributed by atoms with Gasteiger partial charge in [-0.3, -0.25) is 0 Å². The lowest BCUT2D eigenvalue weighted by atomic mass is 9.85. The first-order valence-corrected chi connectivity index (χ1v) is 21.8. The molecule has 0 saturated carbocycles. The molecule has 264 valence electrons. The van der Waals surface area contributed by atoms with Crippen LogP contribution in [0.1, 0.15) is 0 Å². The summed E-state index contributed by atoms with van der Waals surface area (Å²) in [6, 6.07) is 68.3. The lowest BCUT2D eigenvalue weighted by Crippen LogP contribution is -1.91. The molecule has 3 heteroatoms. The van der Waals surface area contributed by atoms with Crippen molar-refractivity contribution in [3.8, 4) is 33.4 Å². The molecule has 0 N–H and O–H groups in total. The van der Waals surface area contributed by atoms with Crippen molar-refractivity contribution < 1.29 is 0 Å². The van der Waals surface area contributed by atoms with Crippen LogP contribution in [0.3, 0.4) is 0 Å². The number of rotatable bonds is 3. The van der Waals surface area contributed by atoms with Crippen LogP contribution in [0.4, 0.5) is 0 Å². The molecule has 0 fully saturated rings. The van der Waals surface area contributed by atoms with Crippen LogP contribution < -0.4 is 0 Å². The molecule has 0 atom stereocenters. The molecule has 0 aliphatic carbocycles. The summed E-state index contributed by atoms with van der Waals surface area (Å²) in [7, 11) is 0. The van der Waals surface area contributed by atoms with Gasteiger partial charge in [0.2, 0.25) is 0 Å². The molecule has 0 saturated heterocycles. The van der Waals surface area contributed by atoms with Crippen LogP contribution in [0, 0.1) is 0 Å². The fourth-order valence-corrected chi connectivity index (χ4v) is 13.0. The Morgan fingerprint density at radius 3 is 1.51 bits per heavy atom. The summed E-state index contributed by atoms with van der Waals surface area (Å²) in [4.78, 5) is 0. The van der Waals surface area contributed by atoms with Crippen LogP contribution in [-0.2, 0) is 0 Å². The average molecular weight is 775 g/mol. The zero-order chi connectivity index (χ0) is 37.2. The summed E-state index contributed by atoms with van der Waals surface area (Å²) in [5.41, 5.74) is 7.56. The van der Waals surface area contributed by atoms with Crippen molar-refractivity contribution >= 4 is 127 Å². The third kappa shape index (κ3) is 4.71. The van der Waals surface area contributed by atoms with Crippen molar-refractivity contribution in [2.24, 2.45) is 0 Å². The van der Waals surface area contributed by atoms with Crippen LogP contribution in [0.5, 0.6) is 0 Å². The molecule has 57 heavy (non-hydrogen) atoms. The number of benzene rings is 10. The van der Waals surface area contributed by atoms with Gasteiger partial charge in [-0.2, -0.15) is 0 Å². The minimum absolute atomic E-state index is 1.23. The smallest absolute Gasteiger partial charge is 0.0448 e. The van der Waals surface area contributed by atoms with Crippen molar-refractivity contribution in [2.45, 2.75) is 0 Å². The Labute approximate surface area is 340 Å². The van der Waals surface area contributed by atoms with Gasteiger partial charge in [0, 0.05) is 60.5 Å². The molecule has 0 aliphatic rings. The molecule has 0 aliphatic heterocycles. The van der Waals surface area contributed by atoms with Crippen molar-refractivity contribution in [1.82, 2.24) is 0 Å². The fourth-order valence-electron chi connectivity index (χ4n) is 9.43. The molecule has 0 unspecified atom stereocenters. The van der Waals surface area contributed by atoms with Gasteiger partial charge in [-0.05, 0) is 108 Å². The molecule has 10 aromatic carbocycles. The second-order valence-corrected chi connectivity index (χ2v) is 18.4. The van der Waals surface area contributed by atoms with E-state index in [2.05, 4.69) is 182 Å². The fraction of sp³-hybridized carbons (Fsp3) is 0. The number of thiophene rings is 3. The quantitative estimate of drug-likeness (QED) is 0.157. The maximum atomic E-state index is 2.41. The monoisotopic (exact) mass is 774 g/mol. The molecule has 0 nitrogen and oxygen atoms in total. The second-order valence-electron chi connectivity index (χ2n) is 15.2. The normalized spacial score (nSPS) is 12.2. The van der Waals surface area contributed by atoms with Gasteiger partial charge in [0.15, 0.2) is 0 Å². The first-order chi connectivity index (χ1) is 28.2. The molecular weight excluding hydrogens is 745 g/mol. The first kappa shape index (κ1) is 31.8. The van der Waals surface area contributed by atoms with Gasteiger partial charge in [-0.25, -0.2) is 0 Å². The van der Waals surface area contributed by atoms with Crippen LogP contribution >= 0.6 is 34.0 Å². The summed E-state index contributed by atoms with van der Waals surface area (Å²) >= 11 is 5.72. The molecule has 0 bridgehead atoms. The highest BCUT2D eigenvalue weighted by atomic mass is 32.1. The highest BCUT2D eigenvalue weighted by molar-refractivity contribution is 7.30. The molecule has 13 rings (SSSR count). The van der Waals surface area contributed by atoms with Crippen LogP contribution in [0.25, 0.3) is 126 Å². The highest BCUT2D eigenvalue weighted by Crippen LogP contribution is 2.47. The summed E-state index contributed by atoms with van der Waals surface area (Å²) in [5.74, 6) is 0. The summed E-state index contributed by atoms with van der Waals surface area (Å²) in [6.07, 6.45) is 0. The third-order valence-electron chi connectivity index (χ3n) is 12.0. The van der Waals surface area contributed by atoms with E-state index >= 15 is 0 Å². The topological polar surface area (TPSA) is 0 Å². The Balaban J connectivity index is 0.925. The van der Waals surface area contributed by atoms with E-state index in [0.29, 0.717) is 0 Å². The Bertz CT molecular complexity index is 3740. The van der Waals surface area contributed by atoms with E-state index in [1.165, 1.54) is 126 Å². The van der Waals surface area contributed by atoms with E-state index in [1.807, 2.05) is 34.0 Å². The number of hydrogen-bond acceptors (Lipinski definition) is 3. The van der Waals surface area contributed by atoms with Gasteiger partial charge in [-0.1, -0.05) is 140 Å². The minimum Gasteiger partial charge on any atom is -0.135 e. The summed E-state index contributed by atoms with van der Waals surface area (Å²) in [6.45, 7) is 0. The molecule has 3 heterocycles. The van der Waals surface area contributed by atoms with E-state index in [4.69, 9.17) is 0 Å². The zero-order valence-corrected chi connectivity index (χ0v) is 33.0. The molecule has 0 spiro atoms. The average Bonchev–Trinajstić information content (AvgIpc) is 3.95. The van der Waals surface area contributed by atoms with Crippen LogP contribution in [0.15, 0.2) is 182 Å². The summed E-state index contributed by atoms with van der Waals surface area (Å²) in [5, 5.41) is 15.8. The van der Waals surface area contributed by atoms with E-state index in [0.717, 1.165) is 0 Å². The van der Waals surface area contributed by atoms with Crippen molar-refractivity contribution in [2.75, 3.05) is 0 Å². The third-order valence-corrected chi connectivity index (χ3v) is 15.5. The largest absolute Gasteiger partial charge is 0.135 e. The second kappa shape index (κ2) is 12.1. The van der Waals surface area contributed by atoms with E-state index in [9.17, 15) is 0 Å². The maximum Gasteiger partial charge on any atom is 0.0448 e. The van der Waals surface area contributed by atoms with E-state index in [-0.39, 0.29) is 0 Å². The van der Waals surface area contributed by atoms with Gasteiger partial charge in [0.05, 0.1) is 0 Å². The predicted octanol–water partition coefficient (Wildman–Crippen LogP) is 17.3. The van der Waals surface area contributed by atoms with Gasteiger partial charge in [0.1, 0.15) is 0 Å². The van der Waals surface area contributed by atoms with Crippen molar-refractivity contribution in [3.05, 3.63) is 182 Å². The molecule has 13 aromatic rings. The molecule has 3 aromatic heterocycles. The zero-order valence-electron chi connectivity index (χ0n) is 30.5. The Hall–Kier alpha value is -6.36. The summed E-state index contributed by atoms with van der Waals surface area (Å²) < 4.78 is 8.14. The van der Waals surface area contributed by atoms with Crippen molar-refractivity contribution in [1.29, 1.82) is 0 Å². The molecule has 0 radical (unpaired) electrons. The van der Waals surface area contributed by atoms with Gasteiger partial charge < -0.3 is 0 Å². The Morgan fingerprint density at radius 1 is 0.246 bits per heavy atom. The van der Waals surface area contributed by atoms with Crippen LogP contribution in [-0.4, -0.2) is 0 Å². The Kier molecular flexibility index (Phi) is 6.73. The SMILES string of the molecule is c1ccc2c(c1)sc1cc(-c3c4ccccc4c(-c4ccc(-c5ccc6cc7c(cc6c5)sc5c7ccc6sc7ccccc7c65)cc4)c4ccccc34)ccc12. The van der Waals surface area contributed by atoms with Gasteiger partial charge in [-0.15, -0.1) is 34.0 Å². The maximum absolute atomic E-state index is 2.41. The standard InChI is InChI=1S/C54H30S3/c1-3-12-41-39(10-1)51(40-11-2-4-13-42(40)52(41)35-23-24-38-37-9-5-7-15-46(37)56-49(38)29-35)32-19-17-31(18-20-32)33-21-22-34-28-45-43-25-26-48-53(44-14-6-8-16-47(44)55-48)54(43)57-50(45)30-36(34)27-33/h1-30H. The first-order valence-electron chi connectivity index (χ1n) is 19.4. The minimum atomic E-state index is 1.23. The van der Waals surface area contributed by atoms with Crippen molar-refractivity contribution in [3.63, 3.8) is 0 Å². The van der Waals surface area contributed by atoms with E-state index < -0.39 is 0 Å². The number of hydrogen-bond donors (Lipinski definition) is 0. The van der Waals surface area contributed by atoms with Gasteiger partial charge >= 0.3 is 0 Å². The molecule has 0 amide bonds. The lowest BCUT2D eigenvalue weighted by molar-refractivity contribution is 1.63. The predicted molar refractivity (Wildman–Crippen MR) is 254 cm³/mol. The Morgan fingerprint density at radius 2 is 0.772 bits per heavy atom. The number of fused-ring (bicyclic) bond motifs is 13. The molecular formula is C54H30S3. The van der Waals surface area contributed by atoms with Gasteiger partial charge in [0.25, 0.3) is 0 Å². The lowest BCUT2D eigenvalue weighted by Gasteiger charge is -2.18.